The second-order valence-electron chi connectivity index (χ2n) is 6.86. The van der Waals surface area contributed by atoms with Crippen molar-refractivity contribution in [3.05, 3.63) is 23.2 Å². The predicted molar refractivity (Wildman–Crippen MR) is 90.5 cm³/mol. The van der Waals surface area contributed by atoms with E-state index >= 15 is 0 Å². The molecule has 0 bridgehead atoms. The van der Waals surface area contributed by atoms with Crippen molar-refractivity contribution in [1.82, 2.24) is 0 Å². The quantitative estimate of drug-likeness (QED) is 0.796. The van der Waals surface area contributed by atoms with Gasteiger partial charge in [-0.25, -0.2) is 0 Å². The molecule has 1 saturated heterocycles. The molecule has 1 heterocycles. The van der Waals surface area contributed by atoms with Gasteiger partial charge in [0.05, 0.1) is 10.6 Å². The fourth-order valence-electron chi connectivity index (χ4n) is 3.86. The minimum Gasteiger partial charge on any atom is -0.489 e. The first kappa shape index (κ1) is 15.9. The summed E-state index contributed by atoms with van der Waals surface area (Å²) in [6, 6.07) is 5.39. The second-order valence-corrected chi connectivity index (χ2v) is 7.27. The van der Waals surface area contributed by atoms with E-state index in [0.717, 1.165) is 12.8 Å². The summed E-state index contributed by atoms with van der Waals surface area (Å²) in [5.74, 6) is 0.692. The molecule has 2 fully saturated rings. The van der Waals surface area contributed by atoms with E-state index in [0.29, 0.717) is 23.1 Å². The van der Waals surface area contributed by atoms with E-state index in [1.165, 1.54) is 38.5 Å². The lowest BCUT2D eigenvalue weighted by Gasteiger charge is -2.37. The zero-order valence-electron chi connectivity index (χ0n) is 13.4. The highest BCUT2D eigenvalue weighted by atomic mass is 35.5. The van der Waals surface area contributed by atoms with Crippen LogP contribution in [0.4, 0.5) is 5.69 Å². The molecule has 0 radical (unpaired) electrons. The Morgan fingerprint density at radius 2 is 1.95 bits per heavy atom. The maximum atomic E-state index is 6.62. The van der Waals surface area contributed by atoms with Crippen LogP contribution in [-0.2, 0) is 4.74 Å². The molecule has 0 amide bonds. The van der Waals surface area contributed by atoms with Gasteiger partial charge in [-0.2, -0.15) is 0 Å². The van der Waals surface area contributed by atoms with Gasteiger partial charge in [0.25, 0.3) is 0 Å². The zero-order chi connectivity index (χ0) is 15.6. The van der Waals surface area contributed by atoms with E-state index in [1.807, 2.05) is 12.1 Å². The highest BCUT2D eigenvalue weighted by molar-refractivity contribution is 6.32. The Kier molecular flexibility index (Phi) is 4.56. The topological polar surface area (TPSA) is 44.5 Å². The Balaban J connectivity index is 1.67. The lowest BCUT2D eigenvalue weighted by Crippen LogP contribution is -2.40. The number of ether oxygens (including phenoxy) is 2. The Morgan fingerprint density at radius 3 is 2.64 bits per heavy atom. The highest BCUT2D eigenvalue weighted by Gasteiger charge is 2.48. The van der Waals surface area contributed by atoms with E-state index in [-0.39, 0.29) is 11.2 Å². The molecule has 1 saturated carbocycles. The largest absolute Gasteiger partial charge is 0.489 e. The van der Waals surface area contributed by atoms with E-state index in [2.05, 4.69) is 6.92 Å². The van der Waals surface area contributed by atoms with Crippen LogP contribution in [-0.4, -0.2) is 17.8 Å². The monoisotopic (exact) mass is 323 g/mol. The summed E-state index contributed by atoms with van der Waals surface area (Å²) in [5.41, 5.74) is 6.33. The van der Waals surface area contributed by atoms with Crippen LogP contribution in [0.2, 0.25) is 5.02 Å². The van der Waals surface area contributed by atoms with Crippen LogP contribution in [0, 0.1) is 0 Å². The fourth-order valence-corrected chi connectivity index (χ4v) is 4.10. The van der Waals surface area contributed by atoms with Crippen LogP contribution in [0.3, 0.4) is 0 Å². The number of nitrogen functional groups attached to an aromatic ring is 1. The molecule has 3 nitrogen and oxygen atoms in total. The summed E-state index contributed by atoms with van der Waals surface area (Å²) >= 11 is 6.20. The lowest BCUT2D eigenvalue weighted by molar-refractivity contribution is -0.135. The van der Waals surface area contributed by atoms with Gasteiger partial charge in [0.15, 0.2) is 0 Å². The number of nitrogens with two attached hydrogens (primary N) is 1. The van der Waals surface area contributed by atoms with Crippen molar-refractivity contribution in [2.45, 2.75) is 69.5 Å². The van der Waals surface area contributed by atoms with Gasteiger partial charge in [-0.05, 0) is 50.3 Å². The number of anilines is 1. The van der Waals surface area contributed by atoms with Crippen LogP contribution in [0.5, 0.6) is 5.75 Å². The molecule has 22 heavy (non-hydrogen) atoms. The molecule has 2 aliphatic rings. The van der Waals surface area contributed by atoms with Gasteiger partial charge in [0, 0.05) is 5.69 Å². The van der Waals surface area contributed by atoms with Gasteiger partial charge in [-0.1, -0.05) is 37.8 Å². The van der Waals surface area contributed by atoms with E-state index in [1.54, 1.807) is 6.07 Å². The average Bonchev–Trinajstić information content (AvgIpc) is 2.86. The molecular formula is C18H26ClNO2. The first-order valence-electron chi connectivity index (χ1n) is 8.45. The maximum absolute atomic E-state index is 6.62. The van der Waals surface area contributed by atoms with Gasteiger partial charge in [0.2, 0.25) is 0 Å². The van der Waals surface area contributed by atoms with Gasteiger partial charge < -0.3 is 15.2 Å². The molecule has 2 N–H and O–H groups in total. The van der Waals surface area contributed by atoms with E-state index in [9.17, 15) is 0 Å². The zero-order valence-corrected chi connectivity index (χ0v) is 14.1. The predicted octanol–water partition coefficient (Wildman–Crippen LogP) is 4.96. The van der Waals surface area contributed by atoms with Crippen LogP contribution in [0.1, 0.15) is 58.3 Å². The van der Waals surface area contributed by atoms with Gasteiger partial charge in [-0.15, -0.1) is 0 Å². The maximum Gasteiger partial charge on any atom is 0.138 e. The van der Waals surface area contributed by atoms with Crippen LogP contribution in [0.15, 0.2) is 18.2 Å². The molecule has 1 aromatic rings. The van der Waals surface area contributed by atoms with Crippen LogP contribution < -0.4 is 10.5 Å². The third-order valence-electron chi connectivity index (χ3n) is 5.33. The Hall–Kier alpha value is -0.930. The van der Waals surface area contributed by atoms with Gasteiger partial charge in [-0.3, -0.25) is 0 Å². The number of benzene rings is 1. The van der Waals surface area contributed by atoms with Crippen molar-refractivity contribution in [2.75, 3.05) is 12.3 Å². The molecule has 1 aliphatic carbocycles. The van der Waals surface area contributed by atoms with Crippen molar-refractivity contribution < 1.29 is 9.47 Å². The summed E-state index contributed by atoms with van der Waals surface area (Å²) in [7, 11) is 0. The molecule has 122 valence electrons. The molecular weight excluding hydrogens is 298 g/mol. The lowest BCUT2D eigenvalue weighted by atomic mass is 9.82. The molecule has 3 rings (SSSR count). The smallest absolute Gasteiger partial charge is 0.138 e. The van der Waals surface area contributed by atoms with Gasteiger partial charge >= 0.3 is 0 Å². The first-order chi connectivity index (χ1) is 10.6. The third-order valence-corrected chi connectivity index (χ3v) is 5.62. The van der Waals surface area contributed by atoms with Crippen molar-refractivity contribution >= 4 is 17.3 Å². The normalized spacial score (nSPS) is 27.2. The fraction of sp³-hybridized carbons (Fsp3) is 0.667. The van der Waals surface area contributed by atoms with Crippen molar-refractivity contribution in [1.29, 1.82) is 0 Å². The van der Waals surface area contributed by atoms with Crippen molar-refractivity contribution in [2.24, 2.45) is 0 Å². The molecule has 1 unspecified atom stereocenters. The summed E-state index contributed by atoms with van der Waals surface area (Å²) in [6.07, 6.45) is 9.57. The number of hydrogen-bond acceptors (Lipinski definition) is 3. The highest BCUT2D eigenvalue weighted by Crippen LogP contribution is 2.47. The summed E-state index contributed by atoms with van der Waals surface area (Å²) < 4.78 is 12.6. The van der Waals surface area contributed by atoms with Crippen LogP contribution >= 0.6 is 11.6 Å². The second kappa shape index (κ2) is 6.29. The van der Waals surface area contributed by atoms with E-state index < -0.39 is 0 Å². The Morgan fingerprint density at radius 1 is 1.18 bits per heavy atom. The number of halogens is 1. The Bertz CT molecular complexity index is 528. The average molecular weight is 324 g/mol. The first-order valence-corrected chi connectivity index (χ1v) is 8.82. The number of hydrogen-bond donors (Lipinski definition) is 1. The standard InChI is InChI=1S/C18H26ClNO2/c1-2-17(10-11-18(22-17)8-4-3-5-9-18)13-21-16-7-6-14(20)12-15(16)19/h6-7,12H,2-5,8-11,13,20H2,1H3. The molecule has 1 spiro atoms. The molecule has 1 atom stereocenters. The molecule has 1 aliphatic heterocycles. The summed E-state index contributed by atoms with van der Waals surface area (Å²) in [4.78, 5) is 0. The van der Waals surface area contributed by atoms with E-state index in [4.69, 9.17) is 26.8 Å². The van der Waals surface area contributed by atoms with Crippen molar-refractivity contribution in [3.8, 4) is 5.75 Å². The summed E-state index contributed by atoms with van der Waals surface area (Å²) in [5, 5.41) is 0.566. The SMILES string of the molecule is CCC1(COc2ccc(N)cc2Cl)CCC2(CCCCC2)O1. The van der Waals surface area contributed by atoms with Crippen LogP contribution in [0.25, 0.3) is 0 Å². The number of rotatable bonds is 4. The minimum atomic E-state index is -0.165. The Labute approximate surface area is 138 Å². The minimum absolute atomic E-state index is 0.114. The molecule has 1 aromatic carbocycles. The summed E-state index contributed by atoms with van der Waals surface area (Å²) in [6.45, 7) is 2.75. The van der Waals surface area contributed by atoms with Crippen molar-refractivity contribution in [3.63, 3.8) is 0 Å². The van der Waals surface area contributed by atoms with Gasteiger partial charge in [0.1, 0.15) is 18.0 Å². The molecule has 0 aromatic heterocycles. The third kappa shape index (κ3) is 3.21. The molecule has 4 heteroatoms.